The van der Waals surface area contributed by atoms with Crippen molar-refractivity contribution in [3.8, 4) is 5.75 Å². The minimum absolute atomic E-state index is 0.0350. The van der Waals surface area contributed by atoms with Gasteiger partial charge in [0.05, 0.1) is 18.6 Å². The van der Waals surface area contributed by atoms with Gasteiger partial charge in [-0.15, -0.1) is 0 Å². The molecular formula is C27H38N2O5. The van der Waals surface area contributed by atoms with Gasteiger partial charge in [0.25, 0.3) is 0 Å². The monoisotopic (exact) mass is 470 g/mol. The van der Waals surface area contributed by atoms with Crippen molar-refractivity contribution in [3.63, 3.8) is 0 Å². The number of benzene rings is 1. The van der Waals surface area contributed by atoms with Crippen LogP contribution >= 0.6 is 0 Å². The lowest BCUT2D eigenvalue weighted by atomic mass is 9.77. The number of hydrogen-bond donors (Lipinski definition) is 3. The Kier molecular flexibility index (Phi) is 8.27. The molecule has 1 aromatic carbocycles. The predicted molar refractivity (Wildman–Crippen MR) is 129 cm³/mol. The molecule has 4 atom stereocenters. The van der Waals surface area contributed by atoms with Gasteiger partial charge in [0, 0.05) is 30.6 Å². The summed E-state index contributed by atoms with van der Waals surface area (Å²) in [6.45, 7) is 2.76. The molecule has 0 spiro atoms. The Hall–Kier alpha value is -2.38. The minimum Gasteiger partial charge on any atom is -0.486 e. The second kappa shape index (κ2) is 11.4. The molecule has 186 valence electrons. The van der Waals surface area contributed by atoms with Crippen molar-refractivity contribution in [3.05, 3.63) is 41.5 Å². The van der Waals surface area contributed by atoms with Gasteiger partial charge in [-0.25, -0.2) is 0 Å². The van der Waals surface area contributed by atoms with Crippen LogP contribution in [-0.2, 0) is 9.59 Å². The maximum Gasteiger partial charge on any atom is 0.247 e. The number of unbranched alkanes of at least 4 members (excludes halogenated alkanes) is 4. The maximum atomic E-state index is 13.4. The molecule has 1 saturated carbocycles. The fraction of sp³-hybridized carbons (Fsp3) is 0.630. The molecule has 0 saturated heterocycles. The average molecular weight is 471 g/mol. The molecule has 7 heteroatoms. The normalized spacial score (nSPS) is 25.1. The number of fused-ring (bicyclic) bond motifs is 3. The van der Waals surface area contributed by atoms with Crippen molar-refractivity contribution in [2.24, 2.45) is 5.92 Å². The topological polar surface area (TPSA) is 99.1 Å². The third-order valence-corrected chi connectivity index (χ3v) is 7.20. The van der Waals surface area contributed by atoms with Crippen LogP contribution in [0.4, 0.5) is 0 Å². The number of ether oxygens (including phenoxy) is 1. The zero-order chi connectivity index (χ0) is 24.1. The molecule has 3 aliphatic rings. The summed E-state index contributed by atoms with van der Waals surface area (Å²) >= 11 is 0. The zero-order valence-corrected chi connectivity index (χ0v) is 20.1. The summed E-state index contributed by atoms with van der Waals surface area (Å²) in [5.41, 5.74) is 1.36. The maximum absolute atomic E-state index is 13.4. The first kappa shape index (κ1) is 24.7. The molecule has 7 nitrogen and oxygen atoms in total. The molecule has 3 N–H and O–H groups in total. The fourth-order valence-corrected chi connectivity index (χ4v) is 5.18. The highest BCUT2D eigenvalue weighted by Gasteiger charge is 2.50. The first-order valence-electron chi connectivity index (χ1n) is 12.9. The quantitative estimate of drug-likeness (QED) is 0.408. The van der Waals surface area contributed by atoms with E-state index in [2.05, 4.69) is 12.2 Å². The lowest BCUT2D eigenvalue weighted by Crippen LogP contribution is -2.56. The molecule has 1 aromatic rings. The van der Waals surface area contributed by atoms with Crippen LogP contribution in [0.5, 0.6) is 5.75 Å². The molecule has 2 aliphatic carbocycles. The van der Waals surface area contributed by atoms with E-state index in [0.717, 1.165) is 44.1 Å². The largest absolute Gasteiger partial charge is 0.486 e. The van der Waals surface area contributed by atoms with Crippen molar-refractivity contribution in [1.82, 2.24) is 10.2 Å². The minimum atomic E-state index is -0.936. The molecule has 0 unspecified atom stereocenters. The summed E-state index contributed by atoms with van der Waals surface area (Å²) in [5, 5.41) is 23.4. The summed E-state index contributed by atoms with van der Waals surface area (Å²) in [7, 11) is 0. The molecule has 1 aliphatic heterocycles. The molecule has 0 aromatic heterocycles. The Morgan fingerprint density at radius 2 is 1.91 bits per heavy atom. The zero-order valence-electron chi connectivity index (χ0n) is 20.1. The van der Waals surface area contributed by atoms with Gasteiger partial charge < -0.3 is 25.2 Å². The summed E-state index contributed by atoms with van der Waals surface area (Å²) in [4.78, 5) is 28.3. The highest BCUT2D eigenvalue weighted by Crippen LogP contribution is 2.47. The van der Waals surface area contributed by atoms with Crippen molar-refractivity contribution in [2.75, 3.05) is 19.7 Å². The standard InChI is InChI=1S/C27H38N2O5/c1-2-3-4-5-6-11-23(31)29(17-18-12-13-18)21-16-20(27(33)28-14-15-30)24-19-9-7-8-10-22(19)34-26(24)25(21)32/h7-10,16,18,21,24-26,30,32H,2-6,11-15,17H2,1H3,(H,28,33)/t21-,24+,25+,26+/m1/s1. The van der Waals surface area contributed by atoms with Crippen molar-refractivity contribution >= 4 is 11.8 Å². The van der Waals surface area contributed by atoms with Crippen molar-refractivity contribution in [2.45, 2.75) is 82.5 Å². The summed E-state index contributed by atoms with van der Waals surface area (Å²) in [6, 6.07) is 6.92. The number of amides is 2. The summed E-state index contributed by atoms with van der Waals surface area (Å²) in [5.74, 6) is 0.449. The van der Waals surface area contributed by atoms with Crippen LogP contribution in [0.1, 0.15) is 69.8 Å². The molecule has 34 heavy (non-hydrogen) atoms. The van der Waals surface area contributed by atoms with Crippen molar-refractivity contribution in [1.29, 1.82) is 0 Å². The first-order valence-corrected chi connectivity index (χ1v) is 12.9. The van der Waals surface area contributed by atoms with Gasteiger partial charge in [0.2, 0.25) is 11.8 Å². The molecule has 0 bridgehead atoms. The van der Waals surface area contributed by atoms with Gasteiger partial charge >= 0.3 is 0 Å². The average Bonchev–Trinajstić information content (AvgIpc) is 3.58. The first-order chi connectivity index (χ1) is 16.5. The number of nitrogens with one attached hydrogen (secondary N) is 1. The molecule has 2 amide bonds. The van der Waals surface area contributed by atoms with Crippen LogP contribution in [0.3, 0.4) is 0 Å². The second-order valence-corrected chi connectivity index (χ2v) is 9.83. The summed E-state index contributed by atoms with van der Waals surface area (Å²) < 4.78 is 6.16. The van der Waals surface area contributed by atoms with E-state index in [1.165, 1.54) is 6.42 Å². The number of hydrogen-bond acceptors (Lipinski definition) is 5. The number of carbonyl (C=O) groups is 2. The molecule has 4 rings (SSSR count). The van der Waals surface area contributed by atoms with E-state index in [-0.39, 0.29) is 25.0 Å². The number of nitrogens with zero attached hydrogens (tertiary/aromatic N) is 1. The van der Waals surface area contributed by atoms with Crippen LogP contribution in [-0.4, -0.2) is 64.9 Å². The molecule has 1 heterocycles. The SMILES string of the molecule is CCCCCCCC(=O)N(CC1CC1)[C@@H]1C=C(C(=O)NCCO)[C@@H]2c3ccccc3O[C@@H]2[C@H]1O. The number of aliphatic hydroxyl groups excluding tert-OH is 2. The highest BCUT2D eigenvalue weighted by molar-refractivity contribution is 5.96. The van der Waals surface area contributed by atoms with Gasteiger partial charge in [-0.05, 0) is 37.3 Å². The van der Waals surface area contributed by atoms with Crippen LogP contribution in [0.25, 0.3) is 0 Å². The third kappa shape index (κ3) is 5.47. The number of carbonyl (C=O) groups excluding carboxylic acids is 2. The van der Waals surface area contributed by atoms with Gasteiger partial charge in [-0.2, -0.15) is 0 Å². The van der Waals surface area contributed by atoms with Gasteiger partial charge in [0.15, 0.2) is 0 Å². The van der Waals surface area contributed by atoms with Gasteiger partial charge in [-0.1, -0.05) is 50.8 Å². The van der Waals surface area contributed by atoms with Crippen LogP contribution < -0.4 is 10.1 Å². The lowest BCUT2D eigenvalue weighted by Gasteiger charge is -2.41. The van der Waals surface area contributed by atoms with E-state index < -0.39 is 24.2 Å². The Bertz CT molecular complexity index is 897. The molecule has 0 radical (unpaired) electrons. The van der Waals surface area contributed by atoms with Gasteiger partial charge in [0.1, 0.15) is 18.0 Å². The van der Waals surface area contributed by atoms with Gasteiger partial charge in [-0.3, -0.25) is 9.59 Å². The number of para-hydroxylation sites is 1. The predicted octanol–water partition coefficient (Wildman–Crippen LogP) is 2.91. The van der Waals surface area contributed by atoms with Crippen LogP contribution in [0.15, 0.2) is 35.9 Å². The second-order valence-electron chi connectivity index (χ2n) is 9.83. The van der Waals surface area contributed by atoms with E-state index in [4.69, 9.17) is 4.74 Å². The third-order valence-electron chi connectivity index (χ3n) is 7.20. The van der Waals surface area contributed by atoms with E-state index in [0.29, 0.717) is 30.2 Å². The van der Waals surface area contributed by atoms with E-state index in [1.54, 1.807) is 11.0 Å². The summed E-state index contributed by atoms with van der Waals surface area (Å²) in [6.07, 6.45) is 8.16. The molecule has 1 fully saturated rings. The Morgan fingerprint density at radius 1 is 1.15 bits per heavy atom. The van der Waals surface area contributed by atoms with Crippen molar-refractivity contribution < 1.29 is 24.5 Å². The molecular weight excluding hydrogens is 432 g/mol. The van der Waals surface area contributed by atoms with Crippen LogP contribution in [0.2, 0.25) is 0 Å². The van der Waals surface area contributed by atoms with E-state index in [1.807, 2.05) is 24.3 Å². The lowest BCUT2D eigenvalue weighted by molar-refractivity contribution is -0.137. The van der Waals surface area contributed by atoms with E-state index in [9.17, 15) is 19.8 Å². The van der Waals surface area contributed by atoms with Crippen LogP contribution in [0, 0.1) is 5.92 Å². The Balaban J connectivity index is 1.60. The number of aliphatic hydroxyl groups is 2. The number of rotatable bonds is 12. The fourth-order valence-electron chi connectivity index (χ4n) is 5.18. The van der Waals surface area contributed by atoms with E-state index >= 15 is 0 Å². The smallest absolute Gasteiger partial charge is 0.247 e. The Labute approximate surface area is 202 Å². The highest BCUT2D eigenvalue weighted by atomic mass is 16.5. The Morgan fingerprint density at radius 3 is 2.65 bits per heavy atom.